The Morgan fingerprint density at radius 2 is 2.14 bits per heavy atom. The summed E-state index contributed by atoms with van der Waals surface area (Å²) in [4.78, 5) is 28.5. The van der Waals surface area contributed by atoms with Gasteiger partial charge in [0, 0.05) is 28.5 Å². The Morgan fingerprint density at radius 3 is 2.81 bits per heavy atom. The van der Waals surface area contributed by atoms with Gasteiger partial charge in [-0.3, -0.25) is 9.59 Å². The molecule has 1 fully saturated rings. The van der Waals surface area contributed by atoms with E-state index in [1.807, 2.05) is 18.2 Å². The number of carbonyl (C=O) groups excluding carboxylic acids is 1. The molecule has 1 amide bonds. The van der Waals surface area contributed by atoms with E-state index in [9.17, 15) is 14.7 Å². The minimum absolute atomic E-state index is 0.146. The molecule has 0 aliphatic carbocycles. The smallest absolute Gasteiger partial charge is 0.311 e. The van der Waals surface area contributed by atoms with Crippen molar-refractivity contribution in [1.29, 1.82) is 0 Å². The second-order valence-corrected chi connectivity index (χ2v) is 6.67. The topological polar surface area (TPSA) is 73.4 Å². The predicted octanol–water partition coefficient (Wildman–Crippen LogP) is 2.87. The zero-order valence-electron chi connectivity index (χ0n) is 11.5. The number of hydrogen-bond acceptors (Lipinski definition) is 2. The summed E-state index contributed by atoms with van der Waals surface area (Å²) < 4.78 is 0.952. The van der Waals surface area contributed by atoms with Crippen molar-refractivity contribution in [1.82, 2.24) is 9.88 Å². The Kier molecular flexibility index (Phi) is 3.28. The summed E-state index contributed by atoms with van der Waals surface area (Å²) in [5.74, 6) is -0.995. The molecule has 2 aromatic rings. The number of aromatic amines is 1. The van der Waals surface area contributed by atoms with Gasteiger partial charge in [-0.1, -0.05) is 15.9 Å². The monoisotopic (exact) mass is 350 g/mol. The number of carboxylic acids is 1. The highest BCUT2D eigenvalue weighted by Gasteiger charge is 2.42. The van der Waals surface area contributed by atoms with Gasteiger partial charge < -0.3 is 15.0 Å². The van der Waals surface area contributed by atoms with Gasteiger partial charge in [0.1, 0.15) is 5.69 Å². The number of nitrogens with zero attached hydrogens (tertiary/aromatic N) is 1. The minimum atomic E-state index is -0.849. The van der Waals surface area contributed by atoms with E-state index in [1.54, 1.807) is 17.9 Å². The lowest BCUT2D eigenvalue weighted by molar-refractivity contribution is -0.147. The Morgan fingerprint density at radius 1 is 1.38 bits per heavy atom. The van der Waals surface area contributed by atoms with Crippen LogP contribution >= 0.6 is 15.9 Å². The van der Waals surface area contributed by atoms with Gasteiger partial charge in [0.2, 0.25) is 0 Å². The minimum Gasteiger partial charge on any atom is -0.481 e. The lowest BCUT2D eigenvalue weighted by Gasteiger charge is -2.19. The largest absolute Gasteiger partial charge is 0.481 e. The third kappa shape index (κ3) is 2.44. The maximum Gasteiger partial charge on any atom is 0.311 e. The average molecular weight is 351 g/mol. The van der Waals surface area contributed by atoms with E-state index in [-0.39, 0.29) is 12.5 Å². The number of rotatable bonds is 2. The van der Waals surface area contributed by atoms with Crippen LogP contribution in [0.25, 0.3) is 10.9 Å². The van der Waals surface area contributed by atoms with Crippen molar-refractivity contribution in [3.63, 3.8) is 0 Å². The van der Waals surface area contributed by atoms with Gasteiger partial charge in [0.05, 0.1) is 5.41 Å². The van der Waals surface area contributed by atoms with Crippen molar-refractivity contribution in [3.8, 4) is 0 Å². The van der Waals surface area contributed by atoms with Crippen LogP contribution < -0.4 is 0 Å². The first-order valence-corrected chi connectivity index (χ1v) is 7.49. The van der Waals surface area contributed by atoms with Gasteiger partial charge >= 0.3 is 5.97 Å². The number of halogens is 1. The molecule has 21 heavy (non-hydrogen) atoms. The molecule has 1 saturated heterocycles. The highest BCUT2D eigenvalue weighted by atomic mass is 79.9. The predicted molar refractivity (Wildman–Crippen MR) is 82.3 cm³/mol. The van der Waals surface area contributed by atoms with Gasteiger partial charge in [0.25, 0.3) is 5.91 Å². The molecule has 1 atom stereocenters. The van der Waals surface area contributed by atoms with Crippen LogP contribution in [0.15, 0.2) is 28.7 Å². The lowest BCUT2D eigenvalue weighted by atomic mass is 9.90. The van der Waals surface area contributed by atoms with Gasteiger partial charge in [-0.15, -0.1) is 0 Å². The molecular formula is C15H15BrN2O3. The number of nitrogens with one attached hydrogen (secondary N) is 1. The van der Waals surface area contributed by atoms with Crippen molar-refractivity contribution in [2.75, 3.05) is 13.1 Å². The van der Waals surface area contributed by atoms with Crippen LogP contribution in [0.4, 0.5) is 0 Å². The standard InChI is InChI=1S/C15H15BrN2O3/c1-15(14(20)21)4-5-18(8-15)13(19)12-7-9-6-10(16)2-3-11(9)17-12/h2-3,6-7,17H,4-5,8H2,1H3,(H,20,21)/t15-/m0/s1. The highest BCUT2D eigenvalue weighted by molar-refractivity contribution is 9.10. The first kappa shape index (κ1) is 14.1. The molecule has 2 N–H and O–H groups in total. The Balaban J connectivity index is 1.86. The molecule has 5 nitrogen and oxygen atoms in total. The van der Waals surface area contributed by atoms with Crippen molar-refractivity contribution in [2.45, 2.75) is 13.3 Å². The van der Waals surface area contributed by atoms with Gasteiger partial charge in [-0.2, -0.15) is 0 Å². The Labute approximate surface area is 130 Å². The van der Waals surface area contributed by atoms with E-state index in [4.69, 9.17) is 0 Å². The zero-order chi connectivity index (χ0) is 15.2. The summed E-state index contributed by atoms with van der Waals surface area (Å²) >= 11 is 3.40. The number of carbonyl (C=O) groups is 2. The number of likely N-dealkylation sites (tertiary alicyclic amines) is 1. The number of hydrogen-bond donors (Lipinski definition) is 2. The van der Waals surface area contributed by atoms with Crippen molar-refractivity contribution in [2.24, 2.45) is 5.41 Å². The quantitative estimate of drug-likeness (QED) is 0.874. The van der Waals surface area contributed by atoms with E-state index in [1.165, 1.54) is 0 Å². The molecule has 0 radical (unpaired) electrons. The second-order valence-electron chi connectivity index (χ2n) is 5.76. The van der Waals surface area contributed by atoms with Gasteiger partial charge in [0.15, 0.2) is 0 Å². The summed E-state index contributed by atoms with van der Waals surface area (Å²) in [7, 11) is 0. The molecule has 2 heterocycles. The first-order chi connectivity index (χ1) is 9.89. The zero-order valence-corrected chi connectivity index (χ0v) is 13.1. The summed E-state index contributed by atoms with van der Waals surface area (Å²) in [5, 5.41) is 10.2. The molecule has 0 saturated carbocycles. The maximum atomic E-state index is 12.5. The summed E-state index contributed by atoms with van der Waals surface area (Å²) in [5.41, 5.74) is 0.546. The molecule has 1 aromatic carbocycles. The number of carboxylic acid groups (broad SMARTS) is 1. The average Bonchev–Trinajstić information content (AvgIpc) is 3.02. The van der Waals surface area contributed by atoms with E-state index in [0.717, 1.165) is 15.4 Å². The van der Waals surface area contributed by atoms with Crippen molar-refractivity contribution < 1.29 is 14.7 Å². The normalized spacial score (nSPS) is 21.9. The van der Waals surface area contributed by atoms with Crippen LogP contribution in [-0.4, -0.2) is 40.0 Å². The molecule has 0 spiro atoms. The number of aromatic nitrogens is 1. The van der Waals surface area contributed by atoms with Crippen LogP contribution in [0, 0.1) is 5.41 Å². The Hall–Kier alpha value is -1.82. The number of amides is 1. The summed E-state index contributed by atoms with van der Waals surface area (Å²) in [6, 6.07) is 7.55. The molecule has 110 valence electrons. The lowest BCUT2D eigenvalue weighted by Crippen LogP contribution is -2.35. The van der Waals surface area contributed by atoms with E-state index in [0.29, 0.717) is 18.7 Å². The van der Waals surface area contributed by atoms with Gasteiger partial charge in [-0.25, -0.2) is 0 Å². The Bertz CT molecular complexity index is 740. The molecule has 1 aromatic heterocycles. The highest BCUT2D eigenvalue weighted by Crippen LogP contribution is 2.31. The fraction of sp³-hybridized carbons (Fsp3) is 0.333. The molecule has 0 bridgehead atoms. The second kappa shape index (κ2) is 4.87. The van der Waals surface area contributed by atoms with E-state index in [2.05, 4.69) is 20.9 Å². The van der Waals surface area contributed by atoms with Crippen molar-refractivity contribution in [3.05, 3.63) is 34.4 Å². The van der Waals surface area contributed by atoms with Crippen LogP contribution in [-0.2, 0) is 4.79 Å². The third-order valence-electron chi connectivity index (χ3n) is 4.09. The molecule has 1 aliphatic rings. The van der Waals surface area contributed by atoms with Crippen LogP contribution in [0.1, 0.15) is 23.8 Å². The summed E-state index contributed by atoms with van der Waals surface area (Å²) in [6.45, 7) is 2.41. The third-order valence-corrected chi connectivity index (χ3v) is 4.58. The first-order valence-electron chi connectivity index (χ1n) is 6.70. The van der Waals surface area contributed by atoms with Crippen molar-refractivity contribution >= 4 is 38.7 Å². The fourth-order valence-electron chi connectivity index (χ4n) is 2.70. The maximum absolute atomic E-state index is 12.5. The van der Waals surface area contributed by atoms with Crippen LogP contribution in [0.5, 0.6) is 0 Å². The van der Waals surface area contributed by atoms with E-state index >= 15 is 0 Å². The van der Waals surface area contributed by atoms with Crippen LogP contribution in [0.3, 0.4) is 0 Å². The number of aliphatic carboxylic acids is 1. The number of benzene rings is 1. The number of fused-ring (bicyclic) bond motifs is 1. The molecule has 0 unspecified atom stereocenters. The molecular weight excluding hydrogens is 336 g/mol. The van der Waals surface area contributed by atoms with E-state index < -0.39 is 11.4 Å². The van der Waals surface area contributed by atoms with Crippen LogP contribution in [0.2, 0.25) is 0 Å². The fourth-order valence-corrected chi connectivity index (χ4v) is 3.08. The molecule has 6 heteroatoms. The SMILES string of the molecule is C[C@]1(C(=O)O)CCN(C(=O)c2cc3cc(Br)ccc3[nH]2)C1. The van der Waals surface area contributed by atoms with Gasteiger partial charge in [-0.05, 0) is 37.6 Å². The number of H-pyrrole nitrogens is 1. The molecule has 3 rings (SSSR count). The molecule has 1 aliphatic heterocycles. The summed E-state index contributed by atoms with van der Waals surface area (Å²) in [6.07, 6.45) is 0.486.